The van der Waals surface area contributed by atoms with Crippen molar-refractivity contribution in [2.45, 2.75) is 18.9 Å². The number of hydrogen-bond acceptors (Lipinski definition) is 3. The minimum Gasteiger partial charge on any atom is -0.370 e. The minimum absolute atomic E-state index is 0.638. The summed E-state index contributed by atoms with van der Waals surface area (Å²) in [6.07, 6.45) is 2.45. The summed E-state index contributed by atoms with van der Waals surface area (Å²) in [5, 5.41) is 3.27. The summed E-state index contributed by atoms with van der Waals surface area (Å²) in [6.45, 7) is 4.56. The Bertz CT molecular complexity index is 379. The third-order valence-corrected chi connectivity index (χ3v) is 4.44. The van der Waals surface area contributed by atoms with E-state index < -0.39 is 0 Å². The summed E-state index contributed by atoms with van der Waals surface area (Å²) < 4.78 is 1.15. The number of likely N-dealkylation sites (N-methyl/N-ethyl adjacent to an activating group) is 1. The Kier molecular flexibility index (Phi) is 5.67. The molecular formula is C15H24BrN3. The highest BCUT2D eigenvalue weighted by Gasteiger charge is 2.21. The fourth-order valence-electron chi connectivity index (χ4n) is 2.69. The van der Waals surface area contributed by atoms with E-state index >= 15 is 0 Å². The van der Waals surface area contributed by atoms with Gasteiger partial charge in [0.05, 0.1) is 0 Å². The van der Waals surface area contributed by atoms with Gasteiger partial charge in [-0.15, -0.1) is 0 Å². The maximum absolute atomic E-state index is 3.51. The maximum atomic E-state index is 3.51. The largest absolute Gasteiger partial charge is 0.370 e. The SMILES string of the molecule is CNCCC1CN(c2ccc(Br)cc2)CCCN1C. The van der Waals surface area contributed by atoms with Crippen LogP contribution in [0.15, 0.2) is 28.7 Å². The number of anilines is 1. The minimum atomic E-state index is 0.638. The van der Waals surface area contributed by atoms with Gasteiger partial charge in [0.25, 0.3) is 0 Å². The summed E-state index contributed by atoms with van der Waals surface area (Å²) in [7, 11) is 4.29. The van der Waals surface area contributed by atoms with Crippen LogP contribution in [0.4, 0.5) is 5.69 Å². The van der Waals surface area contributed by atoms with Gasteiger partial charge in [-0.25, -0.2) is 0 Å². The Morgan fingerprint density at radius 1 is 1.26 bits per heavy atom. The van der Waals surface area contributed by atoms with Crippen molar-refractivity contribution in [1.29, 1.82) is 0 Å². The fourth-order valence-corrected chi connectivity index (χ4v) is 2.95. The van der Waals surface area contributed by atoms with Gasteiger partial charge >= 0.3 is 0 Å². The standard InChI is InChI=1S/C15H24BrN3/c1-17-9-8-15-12-19(11-3-10-18(15)2)14-6-4-13(16)5-7-14/h4-7,15,17H,3,8-12H2,1-2H3. The molecular weight excluding hydrogens is 302 g/mol. The molecule has 1 unspecified atom stereocenters. The van der Waals surface area contributed by atoms with Crippen LogP contribution in [0.25, 0.3) is 0 Å². The molecule has 1 saturated heterocycles. The normalized spacial score (nSPS) is 21.4. The number of nitrogens with one attached hydrogen (secondary N) is 1. The fraction of sp³-hybridized carbons (Fsp3) is 0.600. The van der Waals surface area contributed by atoms with Crippen LogP contribution in [-0.2, 0) is 0 Å². The number of nitrogens with zero attached hydrogens (tertiary/aromatic N) is 2. The third kappa shape index (κ3) is 4.20. The summed E-state index contributed by atoms with van der Waals surface area (Å²) in [6, 6.07) is 9.33. The molecule has 1 heterocycles. The molecule has 1 fully saturated rings. The first-order chi connectivity index (χ1) is 9.20. The second-order valence-electron chi connectivity index (χ2n) is 5.30. The highest BCUT2D eigenvalue weighted by molar-refractivity contribution is 9.10. The third-order valence-electron chi connectivity index (χ3n) is 3.91. The van der Waals surface area contributed by atoms with E-state index in [9.17, 15) is 0 Å². The lowest BCUT2D eigenvalue weighted by atomic mass is 10.1. The van der Waals surface area contributed by atoms with Gasteiger partial charge < -0.3 is 15.1 Å². The molecule has 19 heavy (non-hydrogen) atoms. The second-order valence-corrected chi connectivity index (χ2v) is 6.22. The van der Waals surface area contributed by atoms with E-state index in [1.54, 1.807) is 0 Å². The molecule has 0 saturated carbocycles. The molecule has 0 amide bonds. The monoisotopic (exact) mass is 325 g/mol. The Morgan fingerprint density at radius 3 is 2.68 bits per heavy atom. The summed E-state index contributed by atoms with van der Waals surface area (Å²) in [4.78, 5) is 5.03. The zero-order valence-corrected chi connectivity index (χ0v) is 13.5. The van der Waals surface area contributed by atoms with Crippen molar-refractivity contribution in [2.75, 3.05) is 45.2 Å². The van der Waals surface area contributed by atoms with Crippen molar-refractivity contribution in [3.63, 3.8) is 0 Å². The predicted molar refractivity (Wildman–Crippen MR) is 85.9 cm³/mol. The molecule has 0 aromatic heterocycles. The van der Waals surface area contributed by atoms with Crippen LogP contribution >= 0.6 is 15.9 Å². The molecule has 0 spiro atoms. The van der Waals surface area contributed by atoms with Crippen molar-refractivity contribution in [1.82, 2.24) is 10.2 Å². The van der Waals surface area contributed by atoms with E-state index in [1.165, 1.54) is 25.1 Å². The van der Waals surface area contributed by atoms with E-state index in [1.807, 2.05) is 7.05 Å². The summed E-state index contributed by atoms with van der Waals surface area (Å²) in [5.74, 6) is 0. The zero-order valence-electron chi connectivity index (χ0n) is 11.9. The van der Waals surface area contributed by atoms with Crippen LogP contribution < -0.4 is 10.2 Å². The van der Waals surface area contributed by atoms with Crippen molar-refractivity contribution < 1.29 is 0 Å². The second kappa shape index (κ2) is 7.27. The van der Waals surface area contributed by atoms with Gasteiger partial charge in [0.2, 0.25) is 0 Å². The smallest absolute Gasteiger partial charge is 0.0367 e. The summed E-state index contributed by atoms with van der Waals surface area (Å²) in [5.41, 5.74) is 1.34. The van der Waals surface area contributed by atoms with Gasteiger partial charge in [-0.3, -0.25) is 0 Å². The highest BCUT2D eigenvalue weighted by Crippen LogP contribution is 2.21. The van der Waals surface area contributed by atoms with Crippen molar-refractivity contribution in [3.8, 4) is 0 Å². The molecule has 1 aliphatic rings. The lowest BCUT2D eigenvalue weighted by Gasteiger charge is -2.30. The van der Waals surface area contributed by atoms with E-state index in [0.717, 1.165) is 24.1 Å². The first kappa shape index (κ1) is 14.8. The van der Waals surface area contributed by atoms with Crippen LogP contribution in [0.3, 0.4) is 0 Å². The molecule has 1 atom stereocenters. The van der Waals surface area contributed by atoms with E-state index in [-0.39, 0.29) is 0 Å². The van der Waals surface area contributed by atoms with Gasteiger partial charge in [-0.05, 0) is 64.3 Å². The lowest BCUT2D eigenvalue weighted by Crippen LogP contribution is -2.40. The maximum Gasteiger partial charge on any atom is 0.0367 e. The first-order valence-corrected chi connectivity index (χ1v) is 7.85. The summed E-state index contributed by atoms with van der Waals surface area (Å²) >= 11 is 3.51. The Hall–Kier alpha value is -0.580. The first-order valence-electron chi connectivity index (χ1n) is 7.06. The van der Waals surface area contributed by atoms with Gasteiger partial charge in [-0.2, -0.15) is 0 Å². The Balaban J connectivity index is 2.05. The molecule has 4 heteroatoms. The quantitative estimate of drug-likeness (QED) is 0.917. The van der Waals surface area contributed by atoms with E-state index in [0.29, 0.717) is 6.04 Å². The number of rotatable bonds is 4. The van der Waals surface area contributed by atoms with Crippen LogP contribution in [0.1, 0.15) is 12.8 Å². The van der Waals surface area contributed by atoms with Gasteiger partial charge in [0.15, 0.2) is 0 Å². The molecule has 106 valence electrons. The average molecular weight is 326 g/mol. The molecule has 1 N–H and O–H groups in total. The zero-order chi connectivity index (χ0) is 13.7. The van der Waals surface area contributed by atoms with Crippen LogP contribution in [0, 0.1) is 0 Å². The van der Waals surface area contributed by atoms with Crippen LogP contribution in [0.5, 0.6) is 0 Å². The van der Waals surface area contributed by atoms with Crippen LogP contribution in [0.2, 0.25) is 0 Å². The molecule has 1 aromatic rings. The predicted octanol–water partition coefficient (Wildman–Crippen LogP) is 2.57. The van der Waals surface area contributed by atoms with Crippen LogP contribution in [-0.4, -0.2) is 51.2 Å². The molecule has 0 aliphatic carbocycles. The van der Waals surface area contributed by atoms with Crippen molar-refractivity contribution >= 4 is 21.6 Å². The van der Waals surface area contributed by atoms with Crippen molar-refractivity contribution in [2.24, 2.45) is 0 Å². The molecule has 2 rings (SSSR count). The number of halogens is 1. The highest BCUT2D eigenvalue weighted by atomic mass is 79.9. The lowest BCUT2D eigenvalue weighted by molar-refractivity contribution is 0.248. The average Bonchev–Trinajstić information content (AvgIpc) is 2.59. The van der Waals surface area contributed by atoms with Gasteiger partial charge in [-0.1, -0.05) is 15.9 Å². The Morgan fingerprint density at radius 2 is 2.00 bits per heavy atom. The molecule has 0 radical (unpaired) electrons. The number of hydrogen-bond donors (Lipinski definition) is 1. The molecule has 3 nitrogen and oxygen atoms in total. The molecule has 0 bridgehead atoms. The molecule has 1 aliphatic heterocycles. The molecule has 1 aromatic carbocycles. The topological polar surface area (TPSA) is 18.5 Å². The number of benzene rings is 1. The van der Waals surface area contributed by atoms with Gasteiger partial charge in [0, 0.05) is 29.3 Å². The Labute approximate surface area is 125 Å². The van der Waals surface area contributed by atoms with E-state index in [4.69, 9.17) is 0 Å². The van der Waals surface area contributed by atoms with E-state index in [2.05, 4.69) is 62.4 Å². The van der Waals surface area contributed by atoms with Gasteiger partial charge in [0.1, 0.15) is 0 Å². The van der Waals surface area contributed by atoms with Crippen molar-refractivity contribution in [3.05, 3.63) is 28.7 Å².